The number of nitrogens with one attached hydrogen (secondary N) is 1. The molecule has 0 aromatic rings. The predicted octanol–water partition coefficient (Wildman–Crippen LogP) is 1.57. The van der Waals surface area contributed by atoms with Crippen molar-refractivity contribution in [3.63, 3.8) is 0 Å². The molecule has 1 aliphatic rings. The van der Waals surface area contributed by atoms with Gasteiger partial charge in [0.25, 0.3) is 0 Å². The van der Waals surface area contributed by atoms with E-state index in [-0.39, 0.29) is 10.8 Å². The normalized spacial score (nSPS) is 27.1. The molecule has 1 heterocycles. The zero-order chi connectivity index (χ0) is 10.1. The fourth-order valence-electron chi connectivity index (χ4n) is 2.50. The monoisotopic (exact) mass is 181 g/mol. The number of hydrogen-bond donors (Lipinski definition) is 1. The summed E-state index contributed by atoms with van der Waals surface area (Å²) in [4.78, 5) is 10.4. The van der Waals surface area contributed by atoms with Crippen LogP contribution in [0, 0.1) is 23.2 Å². The van der Waals surface area contributed by atoms with Gasteiger partial charge in [-0.1, -0.05) is 27.7 Å². The van der Waals surface area contributed by atoms with E-state index in [1.54, 1.807) is 6.42 Å². The molecular formula is C11H19NO. The largest absolute Gasteiger partial charge is 0.316 e. The van der Waals surface area contributed by atoms with Crippen LogP contribution in [0.3, 0.4) is 0 Å². The lowest BCUT2D eigenvalue weighted by Crippen LogP contribution is -2.53. The molecule has 0 unspecified atom stereocenters. The van der Waals surface area contributed by atoms with E-state index in [9.17, 15) is 4.79 Å². The van der Waals surface area contributed by atoms with E-state index < -0.39 is 0 Å². The molecule has 1 fully saturated rings. The molecule has 74 valence electrons. The van der Waals surface area contributed by atoms with E-state index in [0.717, 1.165) is 13.1 Å². The van der Waals surface area contributed by atoms with Gasteiger partial charge in [-0.05, 0) is 16.7 Å². The van der Waals surface area contributed by atoms with Gasteiger partial charge in [-0.25, -0.2) is 0 Å². The van der Waals surface area contributed by atoms with Gasteiger partial charge in [-0.3, -0.25) is 4.79 Å². The molecule has 0 bridgehead atoms. The molecular weight excluding hydrogens is 162 g/mol. The lowest BCUT2D eigenvalue weighted by molar-refractivity contribution is 0.0608. The van der Waals surface area contributed by atoms with Crippen molar-refractivity contribution in [3.05, 3.63) is 6.42 Å². The summed E-state index contributed by atoms with van der Waals surface area (Å²) < 4.78 is 0. The molecule has 2 heteroatoms. The molecule has 1 saturated heterocycles. The minimum atomic E-state index is 0.152. The summed E-state index contributed by atoms with van der Waals surface area (Å²) in [6.07, 6.45) is 3.64. The van der Waals surface area contributed by atoms with Gasteiger partial charge >= 0.3 is 0 Å². The van der Waals surface area contributed by atoms with E-state index in [1.807, 2.05) is 6.29 Å². The standard InChI is InChI=1S/C11H19NO/c1-10(2)7-12-8-11(3,4)9(10)5-6-13/h5,9,12H,7-8H2,1-4H3. The Kier molecular flexibility index (Phi) is 2.81. The Morgan fingerprint density at radius 2 is 1.69 bits per heavy atom. The third-order valence-electron chi connectivity index (χ3n) is 3.08. The zero-order valence-corrected chi connectivity index (χ0v) is 8.98. The van der Waals surface area contributed by atoms with Crippen molar-refractivity contribution >= 4 is 6.29 Å². The van der Waals surface area contributed by atoms with Gasteiger partial charge in [0.05, 0.1) is 0 Å². The van der Waals surface area contributed by atoms with E-state index >= 15 is 0 Å². The molecule has 1 aliphatic heterocycles. The molecule has 0 amide bonds. The molecule has 2 nitrogen and oxygen atoms in total. The van der Waals surface area contributed by atoms with E-state index in [0.29, 0.717) is 5.92 Å². The first kappa shape index (κ1) is 10.7. The Bertz CT molecular complexity index is 180. The maximum absolute atomic E-state index is 10.4. The van der Waals surface area contributed by atoms with Crippen LogP contribution in [0.5, 0.6) is 0 Å². The van der Waals surface area contributed by atoms with Crippen molar-refractivity contribution in [3.8, 4) is 0 Å². The van der Waals surface area contributed by atoms with Gasteiger partial charge in [-0.15, -0.1) is 0 Å². The highest BCUT2D eigenvalue weighted by molar-refractivity contribution is 5.63. The number of piperidine rings is 1. The fraction of sp³-hybridized carbons (Fsp3) is 0.818. The van der Waals surface area contributed by atoms with Crippen molar-refractivity contribution < 1.29 is 4.79 Å². The van der Waals surface area contributed by atoms with Crippen LogP contribution >= 0.6 is 0 Å². The average Bonchev–Trinajstić information content (AvgIpc) is 1.96. The van der Waals surface area contributed by atoms with Crippen molar-refractivity contribution in [1.29, 1.82) is 0 Å². The number of rotatable bonds is 2. The molecule has 0 saturated carbocycles. The van der Waals surface area contributed by atoms with Gasteiger partial charge in [0.15, 0.2) is 0 Å². The third-order valence-corrected chi connectivity index (χ3v) is 3.08. The average molecular weight is 181 g/mol. The smallest absolute Gasteiger partial charge is 0.202 e. The van der Waals surface area contributed by atoms with Crippen molar-refractivity contribution in [2.75, 3.05) is 13.1 Å². The Labute approximate surface area is 81.1 Å². The Morgan fingerprint density at radius 3 is 2.08 bits per heavy atom. The maximum atomic E-state index is 10.4. The van der Waals surface area contributed by atoms with Crippen LogP contribution < -0.4 is 5.32 Å². The van der Waals surface area contributed by atoms with Crippen LogP contribution in [0.15, 0.2) is 0 Å². The molecule has 2 radical (unpaired) electrons. The van der Waals surface area contributed by atoms with Crippen LogP contribution in [-0.4, -0.2) is 19.4 Å². The summed E-state index contributed by atoms with van der Waals surface area (Å²) in [5, 5.41) is 3.40. The van der Waals surface area contributed by atoms with E-state index in [4.69, 9.17) is 0 Å². The molecule has 0 spiro atoms. The minimum Gasteiger partial charge on any atom is -0.316 e. The topological polar surface area (TPSA) is 29.1 Å². The van der Waals surface area contributed by atoms with Gasteiger partial charge in [-0.2, -0.15) is 0 Å². The quantitative estimate of drug-likeness (QED) is 0.700. The molecule has 0 aliphatic carbocycles. The summed E-state index contributed by atoms with van der Waals surface area (Å²) in [6.45, 7) is 10.7. The molecule has 0 atom stereocenters. The summed E-state index contributed by atoms with van der Waals surface area (Å²) >= 11 is 0. The fourth-order valence-corrected chi connectivity index (χ4v) is 2.50. The van der Waals surface area contributed by atoms with Gasteiger partial charge in [0, 0.05) is 19.5 Å². The van der Waals surface area contributed by atoms with Crippen LogP contribution in [0.25, 0.3) is 0 Å². The third kappa shape index (κ3) is 2.11. The lowest BCUT2D eigenvalue weighted by Gasteiger charge is -2.48. The molecule has 0 aromatic carbocycles. The van der Waals surface area contributed by atoms with Crippen LogP contribution in [0.4, 0.5) is 0 Å². The van der Waals surface area contributed by atoms with Crippen LogP contribution in [0.1, 0.15) is 27.7 Å². The molecule has 0 aromatic heterocycles. The van der Waals surface area contributed by atoms with Gasteiger partial charge < -0.3 is 5.32 Å². The van der Waals surface area contributed by atoms with Crippen molar-refractivity contribution in [2.24, 2.45) is 16.7 Å². The van der Waals surface area contributed by atoms with Crippen LogP contribution in [-0.2, 0) is 4.79 Å². The predicted molar refractivity (Wildman–Crippen MR) is 53.9 cm³/mol. The first-order valence-electron chi connectivity index (χ1n) is 4.82. The second-order valence-corrected chi connectivity index (χ2v) is 5.34. The lowest BCUT2D eigenvalue weighted by atomic mass is 9.61. The first-order valence-corrected chi connectivity index (χ1v) is 4.82. The number of hydrogen-bond acceptors (Lipinski definition) is 2. The van der Waals surface area contributed by atoms with Crippen molar-refractivity contribution in [1.82, 2.24) is 5.32 Å². The molecule has 1 rings (SSSR count). The van der Waals surface area contributed by atoms with Crippen LogP contribution in [0.2, 0.25) is 0 Å². The van der Waals surface area contributed by atoms with E-state index in [2.05, 4.69) is 33.0 Å². The first-order chi connectivity index (χ1) is 5.90. The maximum Gasteiger partial charge on any atom is 0.202 e. The van der Waals surface area contributed by atoms with Gasteiger partial charge in [0.1, 0.15) is 0 Å². The summed E-state index contributed by atoms with van der Waals surface area (Å²) in [7, 11) is 0. The Morgan fingerprint density at radius 1 is 1.23 bits per heavy atom. The highest BCUT2D eigenvalue weighted by atomic mass is 16.1. The minimum absolute atomic E-state index is 0.152. The SMILES string of the molecule is CC1(C)CNCC(C)(C)C1[CH][C]=O. The summed E-state index contributed by atoms with van der Waals surface area (Å²) in [5.74, 6) is 0.318. The Hall–Kier alpha value is -0.370. The van der Waals surface area contributed by atoms with E-state index in [1.165, 1.54) is 0 Å². The molecule has 1 N–H and O–H groups in total. The van der Waals surface area contributed by atoms with Crippen molar-refractivity contribution in [2.45, 2.75) is 27.7 Å². The highest BCUT2D eigenvalue weighted by Gasteiger charge is 2.43. The molecule has 13 heavy (non-hydrogen) atoms. The zero-order valence-electron chi connectivity index (χ0n) is 8.98. The van der Waals surface area contributed by atoms with Gasteiger partial charge in [0.2, 0.25) is 6.29 Å². The second kappa shape index (κ2) is 3.41. The Balaban J connectivity index is 2.83. The highest BCUT2D eigenvalue weighted by Crippen LogP contribution is 2.43. The summed E-state index contributed by atoms with van der Waals surface area (Å²) in [6, 6.07) is 0. The summed E-state index contributed by atoms with van der Waals surface area (Å²) in [5.41, 5.74) is 0.304. The second-order valence-electron chi connectivity index (χ2n) is 5.34. The number of carbonyl (C=O) groups excluding carboxylic acids is 1.